The average molecular weight is 1370 g/mol. The van der Waals surface area contributed by atoms with Crippen LogP contribution in [0.5, 0.6) is 0 Å². The Balaban J connectivity index is 4.12. The summed E-state index contributed by atoms with van der Waals surface area (Å²) in [6.45, 7) is 4.14. The van der Waals surface area contributed by atoms with Gasteiger partial charge in [-0.3, -0.25) is 18.6 Å². The molecule has 9 nitrogen and oxygen atoms in total. The first-order valence-corrected chi connectivity index (χ1v) is 40.0. The van der Waals surface area contributed by atoms with Crippen molar-refractivity contribution in [2.45, 2.75) is 277 Å². The van der Waals surface area contributed by atoms with Crippen molar-refractivity contribution >= 4 is 19.8 Å². The number of likely N-dealkylation sites (N-methyl/N-ethyl adjacent to an activating group) is 1. The molecule has 0 aromatic carbocycles. The maximum Gasteiger partial charge on any atom is 0.472 e. The third-order valence-electron chi connectivity index (χ3n) is 15.5. The number of rotatable bonds is 68. The lowest BCUT2D eigenvalue weighted by Crippen LogP contribution is -2.37. The summed E-state index contributed by atoms with van der Waals surface area (Å²) in [4.78, 5) is 35.9. The molecule has 0 spiro atoms. The summed E-state index contributed by atoms with van der Waals surface area (Å²) in [6.07, 6.45) is 121. The van der Waals surface area contributed by atoms with Crippen LogP contribution in [-0.4, -0.2) is 74.9 Å². The molecule has 0 radical (unpaired) electrons. The minimum absolute atomic E-state index is 0.0124. The zero-order valence-electron chi connectivity index (χ0n) is 62.7. The first kappa shape index (κ1) is 92.3. The van der Waals surface area contributed by atoms with Gasteiger partial charge in [0.1, 0.15) is 19.8 Å². The second kappa shape index (κ2) is 75.5. The summed E-state index contributed by atoms with van der Waals surface area (Å²) in [5.74, 6) is -0.860. The first-order chi connectivity index (χ1) is 48.0. The molecule has 0 heterocycles. The molecule has 0 aliphatic heterocycles. The van der Waals surface area contributed by atoms with Gasteiger partial charge in [-0.1, -0.05) is 322 Å². The highest BCUT2D eigenvalue weighted by Crippen LogP contribution is 2.43. The zero-order chi connectivity index (χ0) is 71.1. The SMILES string of the molecule is CC/C=C\C/C=C\C/C=C\C/C=C\C/C=C\C/C=C\C/C=C\C/C=C\C/C=C\C/C=C\CCCCC(=O)OC(COC(=O)CCCCCCCCCCCCCCCCCC/C=C\C/C=C\C/C=C\C/C=C\C/C=C\C/C=C\C/C=C\C/C=C\CC)COP(=O)(O)OCC[N+](C)(C)C. The van der Waals surface area contributed by atoms with Crippen LogP contribution in [0.1, 0.15) is 271 Å². The van der Waals surface area contributed by atoms with Crippen LogP contribution in [0, 0.1) is 0 Å². The van der Waals surface area contributed by atoms with Crippen molar-refractivity contribution in [3.8, 4) is 0 Å². The molecule has 0 saturated carbocycles. The summed E-state index contributed by atoms with van der Waals surface area (Å²) in [5, 5.41) is 0. The van der Waals surface area contributed by atoms with E-state index in [0.29, 0.717) is 17.4 Å². The molecule has 0 rings (SSSR count). The molecule has 0 saturated heterocycles. The van der Waals surface area contributed by atoms with Crippen LogP contribution in [0.4, 0.5) is 0 Å². The Morgan fingerprint density at radius 3 is 0.837 bits per heavy atom. The summed E-state index contributed by atoms with van der Waals surface area (Å²) in [5.41, 5.74) is 0. The summed E-state index contributed by atoms with van der Waals surface area (Å²) >= 11 is 0. The average Bonchev–Trinajstić information content (AvgIpc) is 1.08. The number of carbonyl (C=O) groups excluding carboxylic acids is 2. The normalized spacial score (nSPS) is 14.3. The maximum absolute atomic E-state index is 12.9. The number of quaternary nitrogens is 1. The van der Waals surface area contributed by atoms with E-state index in [1.165, 1.54) is 89.9 Å². The van der Waals surface area contributed by atoms with Crippen LogP contribution in [0.15, 0.2) is 219 Å². The van der Waals surface area contributed by atoms with E-state index in [1.807, 2.05) is 21.1 Å². The summed E-state index contributed by atoms with van der Waals surface area (Å²) < 4.78 is 34.7. The number of hydrogen-bond acceptors (Lipinski definition) is 7. The van der Waals surface area contributed by atoms with E-state index < -0.39 is 26.5 Å². The van der Waals surface area contributed by atoms with Gasteiger partial charge in [-0.05, 0) is 154 Å². The number of carbonyl (C=O) groups is 2. The fourth-order valence-corrected chi connectivity index (χ4v) is 10.4. The van der Waals surface area contributed by atoms with Crippen molar-refractivity contribution in [2.75, 3.05) is 47.5 Å². The number of phosphoric acid groups is 1. The smallest absolute Gasteiger partial charge is 0.462 e. The molecule has 0 aliphatic rings. The Hall–Kier alpha value is -5.67. The number of hydrogen-bond donors (Lipinski definition) is 1. The van der Waals surface area contributed by atoms with Gasteiger partial charge in [-0.25, -0.2) is 4.57 Å². The van der Waals surface area contributed by atoms with Crippen molar-refractivity contribution in [1.29, 1.82) is 0 Å². The fraction of sp³-hybridized carbons (Fsp3) is 0.568. The van der Waals surface area contributed by atoms with Crippen molar-refractivity contribution in [2.24, 2.45) is 0 Å². The third kappa shape index (κ3) is 79.3. The van der Waals surface area contributed by atoms with Gasteiger partial charge in [0.2, 0.25) is 0 Å². The monoisotopic (exact) mass is 1370 g/mol. The Bertz CT molecular complexity index is 2460. The number of unbranched alkanes of at least 4 members (excludes halogenated alkanes) is 18. The lowest BCUT2D eigenvalue weighted by molar-refractivity contribution is -0.870. The van der Waals surface area contributed by atoms with Gasteiger partial charge >= 0.3 is 19.8 Å². The predicted octanol–water partition coefficient (Wildman–Crippen LogP) is 25.9. The van der Waals surface area contributed by atoms with Gasteiger partial charge < -0.3 is 18.9 Å². The predicted molar refractivity (Wildman–Crippen MR) is 426 cm³/mol. The highest BCUT2D eigenvalue weighted by atomic mass is 31.2. The minimum Gasteiger partial charge on any atom is -0.462 e. The van der Waals surface area contributed by atoms with Crippen molar-refractivity contribution in [3.05, 3.63) is 219 Å². The lowest BCUT2D eigenvalue weighted by atomic mass is 10.0. The molecule has 2 atom stereocenters. The molecule has 550 valence electrons. The van der Waals surface area contributed by atoms with Gasteiger partial charge in [0, 0.05) is 12.8 Å². The Labute approximate surface area is 601 Å². The van der Waals surface area contributed by atoms with Crippen LogP contribution in [-0.2, 0) is 32.7 Å². The molecule has 2 unspecified atom stereocenters. The van der Waals surface area contributed by atoms with E-state index in [4.69, 9.17) is 18.5 Å². The van der Waals surface area contributed by atoms with Gasteiger partial charge in [-0.2, -0.15) is 0 Å². The van der Waals surface area contributed by atoms with Crippen molar-refractivity contribution in [3.63, 3.8) is 0 Å². The number of phosphoric ester groups is 1. The molecule has 0 bridgehead atoms. The van der Waals surface area contributed by atoms with E-state index >= 15 is 0 Å². The van der Waals surface area contributed by atoms with Gasteiger partial charge in [0.05, 0.1) is 27.7 Å². The van der Waals surface area contributed by atoms with Crippen LogP contribution < -0.4 is 0 Å². The van der Waals surface area contributed by atoms with E-state index in [9.17, 15) is 19.0 Å². The molecule has 0 amide bonds. The number of nitrogens with zero attached hydrogens (tertiary/aromatic N) is 1. The number of allylic oxidation sites excluding steroid dienone is 36. The van der Waals surface area contributed by atoms with E-state index in [1.54, 1.807) is 0 Å². The third-order valence-corrected chi connectivity index (χ3v) is 16.5. The van der Waals surface area contributed by atoms with Crippen LogP contribution in [0.25, 0.3) is 0 Å². The van der Waals surface area contributed by atoms with Crippen LogP contribution in [0.3, 0.4) is 0 Å². The summed E-state index contributed by atoms with van der Waals surface area (Å²) in [7, 11) is 1.42. The largest absolute Gasteiger partial charge is 0.472 e. The highest BCUT2D eigenvalue weighted by molar-refractivity contribution is 7.47. The molecule has 0 aromatic heterocycles. The molecule has 10 heteroatoms. The van der Waals surface area contributed by atoms with Crippen molar-refractivity contribution < 1.29 is 42.1 Å². The molecule has 0 aliphatic carbocycles. The first-order valence-electron chi connectivity index (χ1n) is 38.5. The lowest BCUT2D eigenvalue weighted by Gasteiger charge is -2.24. The van der Waals surface area contributed by atoms with Gasteiger partial charge in [-0.15, -0.1) is 0 Å². The topological polar surface area (TPSA) is 108 Å². The summed E-state index contributed by atoms with van der Waals surface area (Å²) in [6, 6.07) is 0. The second-order valence-electron chi connectivity index (χ2n) is 25.9. The minimum atomic E-state index is -4.42. The van der Waals surface area contributed by atoms with Gasteiger partial charge in [0.15, 0.2) is 6.10 Å². The molecular weight excluding hydrogens is 1230 g/mol. The molecule has 98 heavy (non-hydrogen) atoms. The van der Waals surface area contributed by atoms with E-state index in [0.717, 1.165) is 148 Å². The van der Waals surface area contributed by atoms with Crippen LogP contribution >= 0.6 is 7.82 Å². The van der Waals surface area contributed by atoms with Crippen molar-refractivity contribution in [1.82, 2.24) is 0 Å². The standard InChI is InChI=1S/C88H140NO8P/c1-6-8-10-12-14-16-18-20-22-24-26-28-30-32-34-36-38-40-41-42-43-44-45-46-47-49-50-52-54-56-58-60-62-64-66-68-70-72-74-76-78-80-87(90)94-84-86(85-96-98(92,93)95-83-82-89(3,4)5)97-88(91)81-79-77-75-73-71-69-67-65-63-61-59-57-55-53-51-48-39-37-35-33-31-29-27-25-23-21-19-17-15-13-11-9-7-2/h8-11,14-17,20-23,26-29,32-35,38-40,42-43,45-46,48,53,55,59,61,65,67,71,73,86H,6-7,12-13,18-19,24-25,30-31,36-37,41,44,47,49-52,54,56-58,60,62-64,66,68-70,72,74-85H2,1-5H3/p+1/b10-8-,11-9-,16-14-,17-15-,22-20-,23-21-,28-26-,29-27-,34-32-,35-33-,40-38-,43-42-,46-45-,48-39-,55-53-,61-59-,67-65-,73-71-. The molecular formula is C88H141NO8P+. The second-order valence-corrected chi connectivity index (χ2v) is 27.4. The Kier molecular flexibility index (Phi) is 71.2. The maximum atomic E-state index is 12.9. The quantitative estimate of drug-likeness (QED) is 0.0211. The molecule has 0 fully saturated rings. The molecule has 1 N–H and O–H groups in total. The number of esters is 2. The van der Waals surface area contributed by atoms with E-state index in [2.05, 4.69) is 233 Å². The number of ether oxygens (including phenoxy) is 2. The Morgan fingerprint density at radius 1 is 0.316 bits per heavy atom. The molecule has 0 aromatic rings. The van der Waals surface area contributed by atoms with Crippen LogP contribution in [0.2, 0.25) is 0 Å². The zero-order valence-corrected chi connectivity index (χ0v) is 63.6. The van der Waals surface area contributed by atoms with Gasteiger partial charge in [0.25, 0.3) is 0 Å². The Morgan fingerprint density at radius 2 is 0.551 bits per heavy atom. The highest BCUT2D eigenvalue weighted by Gasteiger charge is 2.27. The van der Waals surface area contributed by atoms with E-state index in [-0.39, 0.29) is 32.0 Å². The fourth-order valence-electron chi connectivity index (χ4n) is 9.71.